The molecule has 1 aliphatic carbocycles. The second-order valence-electron chi connectivity index (χ2n) is 11.5. The maximum Gasteiger partial charge on any atom is 0.416 e. The number of nitro groups is 1. The molecule has 0 saturated carbocycles. The molecule has 2 aliphatic rings. The summed E-state index contributed by atoms with van der Waals surface area (Å²) in [7, 11) is 1.44. The lowest BCUT2D eigenvalue weighted by Crippen LogP contribution is -2.35. The highest BCUT2D eigenvalue weighted by Crippen LogP contribution is 2.47. The minimum atomic E-state index is -5.05. The number of alkyl halides is 6. The van der Waals surface area contributed by atoms with E-state index in [9.17, 15) is 41.3 Å². The third-order valence-corrected chi connectivity index (χ3v) is 7.90. The first kappa shape index (κ1) is 31.2. The van der Waals surface area contributed by atoms with Gasteiger partial charge in [-0.15, -0.1) is 0 Å². The molecule has 0 N–H and O–H groups in total. The Hall–Kier alpha value is -3.77. The number of hydrogen-bond acceptors (Lipinski definition) is 5. The average Bonchev–Trinajstić information content (AvgIpc) is 3.15. The quantitative estimate of drug-likeness (QED) is 0.189. The van der Waals surface area contributed by atoms with Gasteiger partial charge in [-0.3, -0.25) is 15.0 Å². The number of rotatable bonds is 6. The van der Waals surface area contributed by atoms with Gasteiger partial charge in [0.15, 0.2) is 0 Å². The fourth-order valence-corrected chi connectivity index (χ4v) is 5.67. The highest BCUT2D eigenvalue weighted by atomic mass is 19.4. The number of carbonyl (C=O) groups excluding carboxylic acids is 1. The Labute approximate surface area is 238 Å². The maximum absolute atomic E-state index is 13.5. The van der Waals surface area contributed by atoms with Gasteiger partial charge in [0.25, 0.3) is 5.69 Å². The summed E-state index contributed by atoms with van der Waals surface area (Å²) in [5.74, 6) is 0.406. The van der Waals surface area contributed by atoms with Crippen LogP contribution in [0.4, 0.5) is 36.8 Å². The summed E-state index contributed by atoms with van der Waals surface area (Å²) in [4.78, 5) is 25.5. The number of aryl methyl sites for hydroxylation is 1. The number of nitro benzene ring substituents is 1. The Morgan fingerprint density at radius 2 is 1.67 bits per heavy atom. The van der Waals surface area contributed by atoms with Crippen molar-refractivity contribution < 1.29 is 45.5 Å². The van der Waals surface area contributed by atoms with Crippen molar-refractivity contribution in [1.29, 1.82) is 0 Å². The SMILES string of the molecule is COc1cc(C)c([N+](=O)[O-])cc1C1=C(CN2C(=O)O[C@H](c3cc(C(F)(F)F)cc(C(F)(F)F)c3)[C@@H]2C)CC(C)(C)CC1. The number of ether oxygens (including phenoxy) is 2. The lowest BCUT2D eigenvalue weighted by Gasteiger charge is -2.35. The number of hydrogen-bond donors (Lipinski definition) is 0. The van der Waals surface area contributed by atoms with Crippen LogP contribution >= 0.6 is 0 Å². The third kappa shape index (κ3) is 6.19. The fraction of sp³-hybridized carbons (Fsp3) is 0.483. The number of nitrogens with zero attached hydrogens (tertiary/aromatic N) is 2. The highest BCUT2D eigenvalue weighted by Gasteiger charge is 2.44. The van der Waals surface area contributed by atoms with Crippen LogP contribution in [0.1, 0.15) is 74.0 Å². The zero-order valence-electron chi connectivity index (χ0n) is 23.6. The van der Waals surface area contributed by atoms with E-state index in [0.29, 0.717) is 41.9 Å². The van der Waals surface area contributed by atoms with E-state index in [4.69, 9.17) is 9.47 Å². The Morgan fingerprint density at radius 3 is 2.19 bits per heavy atom. The predicted octanol–water partition coefficient (Wildman–Crippen LogP) is 8.50. The number of benzene rings is 2. The molecule has 2 aromatic carbocycles. The van der Waals surface area contributed by atoms with Crippen LogP contribution in [-0.4, -0.2) is 35.6 Å². The van der Waals surface area contributed by atoms with Crippen LogP contribution in [0.15, 0.2) is 35.9 Å². The molecule has 2 atom stereocenters. The van der Waals surface area contributed by atoms with E-state index in [1.165, 1.54) is 25.0 Å². The average molecular weight is 601 g/mol. The lowest BCUT2D eigenvalue weighted by atomic mass is 9.72. The Bertz CT molecular complexity index is 1410. The topological polar surface area (TPSA) is 81.9 Å². The number of methoxy groups -OCH3 is 1. The number of amides is 1. The van der Waals surface area contributed by atoms with Gasteiger partial charge < -0.3 is 9.47 Å². The molecule has 1 aliphatic heterocycles. The van der Waals surface area contributed by atoms with Gasteiger partial charge in [-0.2, -0.15) is 26.3 Å². The largest absolute Gasteiger partial charge is 0.496 e. The summed E-state index contributed by atoms with van der Waals surface area (Å²) in [6.07, 6.45) is -10.7. The van der Waals surface area contributed by atoms with E-state index in [-0.39, 0.29) is 23.7 Å². The van der Waals surface area contributed by atoms with Crippen LogP contribution in [0.25, 0.3) is 5.57 Å². The minimum absolute atomic E-state index is 0.0258. The van der Waals surface area contributed by atoms with Crippen LogP contribution in [0.5, 0.6) is 5.75 Å². The van der Waals surface area contributed by atoms with Crippen molar-refractivity contribution >= 4 is 17.4 Å². The zero-order chi connectivity index (χ0) is 31.4. The molecule has 1 heterocycles. The smallest absolute Gasteiger partial charge is 0.416 e. The summed E-state index contributed by atoms with van der Waals surface area (Å²) in [6, 6.07) is 3.23. The molecular formula is C29H30F6N2O5. The standard InChI is InChI=1S/C29H30F6N2O5/c1-15-8-24(41-5)22(12-23(15)37(39)40)21-6-7-27(3,4)13-18(21)14-36-16(2)25(42-26(36)38)17-9-19(28(30,31)32)11-20(10-17)29(33,34)35/h8-12,16,25H,6-7,13-14H2,1-5H3/t16-,25-/m0/s1. The molecule has 7 nitrogen and oxygen atoms in total. The van der Waals surface area contributed by atoms with Crippen LogP contribution in [-0.2, 0) is 17.1 Å². The lowest BCUT2D eigenvalue weighted by molar-refractivity contribution is -0.385. The zero-order valence-corrected chi connectivity index (χ0v) is 23.6. The van der Waals surface area contributed by atoms with E-state index in [1.807, 2.05) is 13.8 Å². The normalized spacial score (nSPS) is 21.0. The number of carbonyl (C=O) groups is 1. The van der Waals surface area contributed by atoms with E-state index < -0.39 is 52.2 Å². The Kier molecular flexibility index (Phi) is 8.02. The molecule has 42 heavy (non-hydrogen) atoms. The van der Waals surface area contributed by atoms with E-state index in [1.54, 1.807) is 13.0 Å². The van der Waals surface area contributed by atoms with Crippen molar-refractivity contribution in [3.05, 3.63) is 73.8 Å². The van der Waals surface area contributed by atoms with Gasteiger partial charge in [0, 0.05) is 23.7 Å². The Morgan fingerprint density at radius 1 is 1.07 bits per heavy atom. The van der Waals surface area contributed by atoms with Crippen LogP contribution in [0.2, 0.25) is 0 Å². The highest BCUT2D eigenvalue weighted by molar-refractivity contribution is 5.78. The number of allylic oxidation sites excluding steroid dienone is 1. The van der Waals surface area contributed by atoms with Crippen molar-refractivity contribution in [1.82, 2.24) is 4.90 Å². The van der Waals surface area contributed by atoms with Gasteiger partial charge in [-0.1, -0.05) is 13.8 Å². The van der Waals surface area contributed by atoms with Crippen LogP contribution in [0, 0.1) is 22.5 Å². The molecule has 2 aromatic rings. The first-order valence-electron chi connectivity index (χ1n) is 13.1. The monoisotopic (exact) mass is 600 g/mol. The summed E-state index contributed by atoms with van der Waals surface area (Å²) >= 11 is 0. The van der Waals surface area contributed by atoms with E-state index in [0.717, 1.165) is 17.6 Å². The molecule has 0 unspecified atom stereocenters. The van der Waals surface area contributed by atoms with Gasteiger partial charge in [-0.25, -0.2) is 4.79 Å². The van der Waals surface area contributed by atoms with Gasteiger partial charge in [-0.05, 0) is 79.5 Å². The van der Waals surface area contributed by atoms with E-state index >= 15 is 0 Å². The fourth-order valence-electron chi connectivity index (χ4n) is 5.67. The summed E-state index contributed by atoms with van der Waals surface area (Å²) < 4.78 is 91.8. The van der Waals surface area contributed by atoms with Crippen LogP contribution in [0.3, 0.4) is 0 Å². The van der Waals surface area contributed by atoms with Gasteiger partial charge in [0.1, 0.15) is 11.9 Å². The first-order chi connectivity index (χ1) is 19.3. The molecular weight excluding hydrogens is 570 g/mol. The molecule has 0 spiro atoms. The summed E-state index contributed by atoms with van der Waals surface area (Å²) in [5.41, 5.74) is -1.37. The van der Waals surface area contributed by atoms with Crippen molar-refractivity contribution in [2.24, 2.45) is 5.41 Å². The molecule has 0 radical (unpaired) electrons. The second-order valence-corrected chi connectivity index (χ2v) is 11.5. The predicted molar refractivity (Wildman–Crippen MR) is 141 cm³/mol. The minimum Gasteiger partial charge on any atom is -0.496 e. The second kappa shape index (κ2) is 10.8. The van der Waals surface area contributed by atoms with Crippen LogP contribution < -0.4 is 4.74 Å². The molecule has 0 bridgehead atoms. The van der Waals surface area contributed by atoms with Crippen molar-refractivity contribution in [2.45, 2.75) is 71.5 Å². The first-order valence-corrected chi connectivity index (χ1v) is 13.1. The molecule has 13 heteroatoms. The molecule has 228 valence electrons. The molecule has 1 fully saturated rings. The molecule has 1 amide bonds. The van der Waals surface area contributed by atoms with Gasteiger partial charge >= 0.3 is 18.4 Å². The van der Waals surface area contributed by atoms with Gasteiger partial charge in [0.05, 0.1) is 29.2 Å². The molecule has 4 rings (SSSR count). The summed E-state index contributed by atoms with van der Waals surface area (Å²) in [6.45, 7) is 7.09. The van der Waals surface area contributed by atoms with Crippen molar-refractivity contribution in [2.75, 3.05) is 13.7 Å². The molecule has 0 aromatic heterocycles. The molecule has 1 saturated heterocycles. The van der Waals surface area contributed by atoms with E-state index in [2.05, 4.69) is 0 Å². The summed E-state index contributed by atoms with van der Waals surface area (Å²) in [5, 5.41) is 11.7. The number of halogens is 6. The van der Waals surface area contributed by atoms with Crippen molar-refractivity contribution in [3.63, 3.8) is 0 Å². The van der Waals surface area contributed by atoms with Gasteiger partial charge in [0.2, 0.25) is 0 Å². The number of cyclic esters (lactones) is 1. The van der Waals surface area contributed by atoms with Crippen molar-refractivity contribution in [3.8, 4) is 5.75 Å². The maximum atomic E-state index is 13.5. The Balaban J connectivity index is 1.77. The third-order valence-electron chi connectivity index (χ3n) is 7.90.